The SMILES string of the molecule is CC1CCc2c(sc3nc(CN(C)C)n(Cc4ccc(C(=O)OC(C)C)cc4)c(=O)c23)C1. The van der Waals surface area contributed by atoms with Gasteiger partial charge in [0.1, 0.15) is 10.7 Å². The van der Waals surface area contributed by atoms with Crippen LogP contribution in [0.5, 0.6) is 0 Å². The van der Waals surface area contributed by atoms with Crippen LogP contribution >= 0.6 is 11.3 Å². The van der Waals surface area contributed by atoms with E-state index in [9.17, 15) is 9.59 Å². The number of rotatable bonds is 6. The molecule has 32 heavy (non-hydrogen) atoms. The van der Waals surface area contributed by atoms with E-state index < -0.39 is 0 Å². The lowest BCUT2D eigenvalue weighted by Crippen LogP contribution is -2.29. The summed E-state index contributed by atoms with van der Waals surface area (Å²) in [5.74, 6) is 1.08. The van der Waals surface area contributed by atoms with Crippen LogP contribution < -0.4 is 5.56 Å². The molecule has 1 atom stereocenters. The molecule has 0 N–H and O–H groups in total. The van der Waals surface area contributed by atoms with Gasteiger partial charge in [0.2, 0.25) is 0 Å². The van der Waals surface area contributed by atoms with Crippen LogP contribution in [0, 0.1) is 5.92 Å². The van der Waals surface area contributed by atoms with Gasteiger partial charge in [-0.25, -0.2) is 9.78 Å². The summed E-state index contributed by atoms with van der Waals surface area (Å²) in [6.07, 6.45) is 2.94. The zero-order valence-electron chi connectivity index (χ0n) is 19.5. The number of carbonyl (C=O) groups excluding carboxylic acids is 1. The third-order valence-electron chi connectivity index (χ3n) is 5.83. The van der Waals surface area contributed by atoms with Crippen molar-refractivity contribution in [3.63, 3.8) is 0 Å². The van der Waals surface area contributed by atoms with Gasteiger partial charge in [-0.3, -0.25) is 9.36 Å². The number of esters is 1. The summed E-state index contributed by atoms with van der Waals surface area (Å²) >= 11 is 1.69. The molecule has 1 aliphatic carbocycles. The fourth-order valence-electron chi connectivity index (χ4n) is 4.24. The number of carbonyl (C=O) groups is 1. The number of nitrogens with zero attached hydrogens (tertiary/aromatic N) is 3. The summed E-state index contributed by atoms with van der Waals surface area (Å²) in [7, 11) is 3.97. The van der Waals surface area contributed by atoms with Gasteiger partial charge in [0.25, 0.3) is 5.56 Å². The van der Waals surface area contributed by atoms with E-state index in [1.54, 1.807) is 28.0 Å². The van der Waals surface area contributed by atoms with Gasteiger partial charge in [0.05, 0.1) is 30.1 Å². The summed E-state index contributed by atoms with van der Waals surface area (Å²) in [5, 5.41) is 0.802. The summed E-state index contributed by atoms with van der Waals surface area (Å²) in [4.78, 5) is 35.0. The average Bonchev–Trinajstić information content (AvgIpc) is 3.07. The van der Waals surface area contributed by atoms with Gasteiger partial charge in [-0.2, -0.15) is 0 Å². The number of fused-ring (bicyclic) bond motifs is 3. The predicted octanol–water partition coefficient (Wildman–Crippen LogP) is 4.26. The highest BCUT2D eigenvalue weighted by molar-refractivity contribution is 7.18. The fraction of sp³-hybridized carbons (Fsp3) is 0.480. The van der Waals surface area contributed by atoms with Gasteiger partial charge >= 0.3 is 5.97 Å². The minimum atomic E-state index is -0.334. The number of hydrogen-bond donors (Lipinski definition) is 0. The normalized spacial score (nSPS) is 16.0. The number of ether oxygens (including phenoxy) is 1. The largest absolute Gasteiger partial charge is 0.459 e. The third kappa shape index (κ3) is 4.64. The minimum Gasteiger partial charge on any atom is -0.459 e. The van der Waals surface area contributed by atoms with Crippen LogP contribution in [0.25, 0.3) is 10.2 Å². The van der Waals surface area contributed by atoms with Crippen LogP contribution in [0.4, 0.5) is 0 Å². The molecule has 0 fully saturated rings. The molecule has 0 aliphatic heterocycles. The van der Waals surface area contributed by atoms with E-state index in [4.69, 9.17) is 9.72 Å². The first kappa shape index (κ1) is 22.7. The first-order valence-electron chi connectivity index (χ1n) is 11.2. The maximum absolute atomic E-state index is 13.7. The van der Waals surface area contributed by atoms with E-state index in [0.29, 0.717) is 24.6 Å². The number of aryl methyl sites for hydroxylation is 1. The van der Waals surface area contributed by atoms with Gasteiger partial charge in [-0.15, -0.1) is 11.3 Å². The van der Waals surface area contributed by atoms with Crippen molar-refractivity contribution in [2.24, 2.45) is 5.92 Å². The van der Waals surface area contributed by atoms with Crippen molar-refractivity contribution in [1.82, 2.24) is 14.5 Å². The quantitative estimate of drug-likeness (QED) is 0.522. The zero-order valence-corrected chi connectivity index (χ0v) is 20.3. The molecule has 0 amide bonds. The van der Waals surface area contributed by atoms with Crippen LogP contribution in [0.1, 0.15) is 59.4 Å². The maximum atomic E-state index is 13.7. The zero-order chi connectivity index (χ0) is 23.0. The second-order valence-corrected chi connectivity index (χ2v) is 10.4. The van der Waals surface area contributed by atoms with Gasteiger partial charge < -0.3 is 9.64 Å². The smallest absolute Gasteiger partial charge is 0.338 e. The minimum absolute atomic E-state index is 0.0437. The van der Waals surface area contributed by atoms with E-state index >= 15 is 0 Å². The lowest BCUT2D eigenvalue weighted by molar-refractivity contribution is 0.0378. The molecule has 0 saturated heterocycles. The summed E-state index contributed by atoms with van der Waals surface area (Å²) < 4.78 is 7.07. The topological polar surface area (TPSA) is 64.4 Å². The molecule has 0 radical (unpaired) electrons. The lowest BCUT2D eigenvalue weighted by Gasteiger charge is -2.18. The molecule has 3 aromatic rings. The third-order valence-corrected chi connectivity index (χ3v) is 6.97. The van der Waals surface area contributed by atoms with Gasteiger partial charge in [0, 0.05) is 4.88 Å². The highest BCUT2D eigenvalue weighted by Crippen LogP contribution is 2.36. The summed E-state index contributed by atoms with van der Waals surface area (Å²) in [6.45, 7) is 6.95. The summed E-state index contributed by atoms with van der Waals surface area (Å²) in [6, 6.07) is 7.29. The number of hydrogen-bond acceptors (Lipinski definition) is 6. The van der Waals surface area contributed by atoms with Crippen LogP contribution in [0.15, 0.2) is 29.1 Å². The Bertz CT molecular complexity index is 1190. The Kier molecular flexibility index (Phi) is 6.49. The highest BCUT2D eigenvalue weighted by Gasteiger charge is 2.24. The molecule has 2 heterocycles. The molecule has 1 aliphatic rings. The Balaban J connectivity index is 1.73. The molecule has 0 bridgehead atoms. The predicted molar refractivity (Wildman–Crippen MR) is 129 cm³/mol. The first-order valence-corrected chi connectivity index (χ1v) is 12.0. The Morgan fingerprint density at radius 2 is 2.00 bits per heavy atom. The number of benzene rings is 1. The number of thiophene rings is 1. The standard InChI is InChI=1S/C25H31N3O3S/c1-15(2)31-25(30)18-9-7-17(8-10-18)13-28-21(14-27(4)5)26-23-22(24(28)29)19-11-6-16(3)12-20(19)32-23/h7-10,15-16H,6,11-14H2,1-5H3. The van der Waals surface area contributed by atoms with Crippen molar-refractivity contribution in [1.29, 1.82) is 0 Å². The Morgan fingerprint density at radius 1 is 1.28 bits per heavy atom. The summed E-state index contributed by atoms with van der Waals surface area (Å²) in [5.41, 5.74) is 2.71. The second kappa shape index (κ2) is 9.16. The molecule has 6 nitrogen and oxygen atoms in total. The molecule has 1 aromatic carbocycles. The van der Waals surface area contributed by atoms with Crippen molar-refractivity contribution >= 4 is 27.5 Å². The highest BCUT2D eigenvalue weighted by atomic mass is 32.1. The van der Waals surface area contributed by atoms with E-state index in [1.807, 2.05) is 45.0 Å². The fourth-order valence-corrected chi connectivity index (χ4v) is 5.64. The Morgan fingerprint density at radius 3 is 2.66 bits per heavy atom. The van der Waals surface area contributed by atoms with Crippen LogP contribution in [-0.4, -0.2) is 40.6 Å². The first-order chi connectivity index (χ1) is 15.2. The van der Waals surface area contributed by atoms with Crippen molar-refractivity contribution in [3.05, 3.63) is 62.0 Å². The molecular formula is C25H31N3O3S. The molecule has 170 valence electrons. The molecule has 7 heteroatoms. The van der Waals surface area contributed by atoms with E-state index in [0.717, 1.165) is 40.9 Å². The lowest BCUT2D eigenvalue weighted by atomic mass is 9.89. The molecule has 0 saturated carbocycles. The van der Waals surface area contributed by atoms with Crippen molar-refractivity contribution in [2.45, 2.75) is 59.2 Å². The Hall–Kier alpha value is -2.51. The van der Waals surface area contributed by atoms with E-state index in [-0.39, 0.29) is 17.6 Å². The van der Waals surface area contributed by atoms with Crippen LogP contribution in [0.3, 0.4) is 0 Å². The molecule has 2 aromatic heterocycles. The van der Waals surface area contributed by atoms with Crippen LogP contribution in [-0.2, 0) is 30.7 Å². The Labute approximate surface area is 192 Å². The molecule has 4 rings (SSSR count). The van der Waals surface area contributed by atoms with E-state index in [1.165, 1.54) is 10.4 Å². The van der Waals surface area contributed by atoms with Gasteiger partial charge in [-0.05, 0) is 76.4 Å². The van der Waals surface area contributed by atoms with Crippen LogP contribution in [0.2, 0.25) is 0 Å². The maximum Gasteiger partial charge on any atom is 0.338 e. The van der Waals surface area contributed by atoms with Crippen molar-refractivity contribution in [2.75, 3.05) is 14.1 Å². The monoisotopic (exact) mass is 453 g/mol. The van der Waals surface area contributed by atoms with Crippen molar-refractivity contribution in [3.8, 4) is 0 Å². The van der Waals surface area contributed by atoms with Gasteiger partial charge in [-0.1, -0.05) is 19.1 Å². The average molecular weight is 454 g/mol. The molecule has 0 spiro atoms. The molecule has 1 unspecified atom stereocenters. The second-order valence-electron chi connectivity index (χ2n) is 9.34. The van der Waals surface area contributed by atoms with E-state index in [2.05, 4.69) is 6.92 Å². The van der Waals surface area contributed by atoms with Crippen molar-refractivity contribution < 1.29 is 9.53 Å². The number of aromatic nitrogens is 2. The van der Waals surface area contributed by atoms with Gasteiger partial charge in [0.15, 0.2) is 0 Å². The molecular weight excluding hydrogens is 422 g/mol.